The van der Waals surface area contributed by atoms with Crippen molar-refractivity contribution in [3.63, 3.8) is 0 Å². The molecule has 1 aliphatic heterocycles. The van der Waals surface area contributed by atoms with Crippen molar-refractivity contribution in [2.24, 2.45) is 5.92 Å². The number of anilines is 2. The lowest BCUT2D eigenvalue weighted by Gasteiger charge is -2.27. The molecule has 2 rings (SSSR count). The molecule has 1 aromatic rings. The predicted molar refractivity (Wildman–Crippen MR) is 65.0 cm³/mol. The molecule has 1 aromatic heterocycles. The normalized spacial score (nSPS) is 24.1. The first-order valence-electron chi connectivity index (χ1n) is 5.71. The largest absolute Gasteiger partial charge is 0.479 e. The second-order valence-electron chi connectivity index (χ2n) is 4.33. The summed E-state index contributed by atoms with van der Waals surface area (Å²) in [5, 5.41) is 9.43. The average molecular weight is 238 g/mol. The fourth-order valence-corrected chi connectivity index (χ4v) is 2.31. The molecule has 1 aliphatic rings. The molecule has 3 N–H and O–H groups in total. The minimum Gasteiger partial charge on any atom is -0.479 e. The Morgan fingerprint density at radius 2 is 2.35 bits per heavy atom. The first-order valence-corrected chi connectivity index (χ1v) is 5.71. The second kappa shape index (κ2) is 4.75. The van der Waals surface area contributed by atoms with Gasteiger partial charge in [0.05, 0.1) is 19.8 Å². The van der Waals surface area contributed by atoms with Crippen LogP contribution >= 0.6 is 0 Å². The number of methoxy groups -OCH3 is 1. The SMILES string of the molecule is COc1ncnc(N2CCC(C)C2CO)c1N. The Balaban J connectivity index is 2.34. The molecule has 0 radical (unpaired) electrons. The third-order valence-corrected chi connectivity index (χ3v) is 3.36. The average Bonchev–Trinajstić information content (AvgIpc) is 2.70. The molecule has 0 aliphatic carbocycles. The molecule has 6 heteroatoms. The van der Waals surface area contributed by atoms with Gasteiger partial charge in [-0.1, -0.05) is 6.92 Å². The van der Waals surface area contributed by atoms with E-state index in [1.54, 1.807) is 0 Å². The summed E-state index contributed by atoms with van der Waals surface area (Å²) >= 11 is 0. The Hall–Kier alpha value is -1.56. The van der Waals surface area contributed by atoms with Crippen molar-refractivity contribution in [2.45, 2.75) is 19.4 Å². The number of ether oxygens (including phenoxy) is 1. The highest BCUT2D eigenvalue weighted by molar-refractivity contribution is 5.68. The van der Waals surface area contributed by atoms with E-state index in [1.165, 1.54) is 13.4 Å². The number of rotatable bonds is 3. The maximum atomic E-state index is 9.43. The second-order valence-corrected chi connectivity index (χ2v) is 4.33. The lowest BCUT2D eigenvalue weighted by atomic mass is 10.0. The zero-order valence-electron chi connectivity index (χ0n) is 10.1. The molecule has 2 heterocycles. The van der Waals surface area contributed by atoms with E-state index < -0.39 is 0 Å². The summed E-state index contributed by atoms with van der Waals surface area (Å²) in [5.41, 5.74) is 6.40. The van der Waals surface area contributed by atoms with Crippen molar-refractivity contribution in [2.75, 3.05) is 30.9 Å². The Kier molecular flexibility index (Phi) is 3.33. The molecular weight excluding hydrogens is 220 g/mol. The van der Waals surface area contributed by atoms with Crippen LogP contribution in [-0.2, 0) is 0 Å². The Labute approximate surface area is 100 Å². The van der Waals surface area contributed by atoms with Crippen LogP contribution in [0.1, 0.15) is 13.3 Å². The van der Waals surface area contributed by atoms with Crippen molar-refractivity contribution < 1.29 is 9.84 Å². The van der Waals surface area contributed by atoms with Crippen LogP contribution in [0, 0.1) is 5.92 Å². The monoisotopic (exact) mass is 238 g/mol. The van der Waals surface area contributed by atoms with Crippen LogP contribution in [-0.4, -0.2) is 41.4 Å². The van der Waals surface area contributed by atoms with Gasteiger partial charge >= 0.3 is 0 Å². The van der Waals surface area contributed by atoms with Crippen LogP contribution in [0.4, 0.5) is 11.5 Å². The number of nitrogens with zero attached hydrogens (tertiary/aromatic N) is 3. The van der Waals surface area contributed by atoms with E-state index in [0.717, 1.165) is 13.0 Å². The van der Waals surface area contributed by atoms with Crippen molar-refractivity contribution in [3.8, 4) is 5.88 Å². The van der Waals surface area contributed by atoms with E-state index in [4.69, 9.17) is 10.5 Å². The van der Waals surface area contributed by atoms with Gasteiger partial charge in [-0.2, -0.15) is 4.98 Å². The first kappa shape index (κ1) is 11.9. The topological polar surface area (TPSA) is 84.5 Å². The molecule has 1 saturated heterocycles. The molecule has 0 spiro atoms. The summed E-state index contributed by atoms with van der Waals surface area (Å²) in [4.78, 5) is 10.2. The Morgan fingerprint density at radius 1 is 1.59 bits per heavy atom. The van der Waals surface area contributed by atoms with Crippen molar-refractivity contribution in [1.82, 2.24) is 9.97 Å². The van der Waals surface area contributed by atoms with Gasteiger partial charge in [0.25, 0.3) is 0 Å². The van der Waals surface area contributed by atoms with E-state index in [2.05, 4.69) is 16.9 Å². The van der Waals surface area contributed by atoms with E-state index in [-0.39, 0.29) is 12.6 Å². The van der Waals surface area contributed by atoms with E-state index in [9.17, 15) is 5.11 Å². The molecule has 17 heavy (non-hydrogen) atoms. The molecule has 94 valence electrons. The minimum atomic E-state index is 0.0666. The van der Waals surface area contributed by atoms with Gasteiger partial charge in [0.15, 0.2) is 5.82 Å². The third kappa shape index (κ3) is 2.00. The molecule has 0 aromatic carbocycles. The molecular formula is C11H18N4O2. The summed E-state index contributed by atoms with van der Waals surface area (Å²) in [6.07, 6.45) is 2.46. The van der Waals surface area contributed by atoms with Crippen LogP contribution < -0.4 is 15.4 Å². The molecule has 0 amide bonds. The zero-order valence-corrected chi connectivity index (χ0v) is 10.1. The first-order chi connectivity index (χ1) is 8.19. The van der Waals surface area contributed by atoms with Crippen LogP contribution in [0.3, 0.4) is 0 Å². The summed E-state index contributed by atoms with van der Waals surface area (Å²) in [7, 11) is 1.53. The van der Waals surface area contributed by atoms with Gasteiger partial charge in [-0.15, -0.1) is 0 Å². The van der Waals surface area contributed by atoms with Crippen molar-refractivity contribution in [1.29, 1.82) is 0 Å². The van der Waals surface area contributed by atoms with Gasteiger partial charge < -0.3 is 20.5 Å². The fraction of sp³-hybridized carbons (Fsp3) is 0.636. The molecule has 2 atom stereocenters. The van der Waals surface area contributed by atoms with Crippen LogP contribution in [0.5, 0.6) is 5.88 Å². The van der Waals surface area contributed by atoms with Crippen LogP contribution in [0.15, 0.2) is 6.33 Å². The number of aromatic nitrogens is 2. The van der Waals surface area contributed by atoms with Crippen LogP contribution in [0.25, 0.3) is 0 Å². The molecule has 2 unspecified atom stereocenters. The Morgan fingerprint density at radius 3 is 3.00 bits per heavy atom. The minimum absolute atomic E-state index is 0.0666. The number of hydrogen-bond donors (Lipinski definition) is 2. The summed E-state index contributed by atoms with van der Waals surface area (Å²) < 4.78 is 5.08. The van der Waals surface area contributed by atoms with Crippen molar-refractivity contribution >= 4 is 11.5 Å². The standard InChI is InChI=1S/C11H18N4O2/c1-7-3-4-15(8(7)5-16)10-9(12)11(17-2)14-6-13-10/h6-8,16H,3-5,12H2,1-2H3. The number of aliphatic hydroxyl groups is 1. The van der Waals surface area contributed by atoms with Gasteiger partial charge in [-0.05, 0) is 12.3 Å². The zero-order chi connectivity index (χ0) is 12.4. The van der Waals surface area contributed by atoms with Crippen molar-refractivity contribution in [3.05, 3.63) is 6.33 Å². The van der Waals surface area contributed by atoms with Crippen LogP contribution in [0.2, 0.25) is 0 Å². The van der Waals surface area contributed by atoms with Gasteiger partial charge in [0.2, 0.25) is 5.88 Å². The van der Waals surface area contributed by atoms with E-state index >= 15 is 0 Å². The highest BCUT2D eigenvalue weighted by atomic mass is 16.5. The third-order valence-electron chi connectivity index (χ3n) is 3.36. The lowest BCUT2D eigenvalue weighted by Crippen LogP contribution is -2.36. The van der Waals surface area contributed by atoms with E-state index in [0.29, 0.717) is 23.3 Å². The number of aliphatic hydroxyl groups excluding tert-OH is 1. The highest BCUT2D eigenvalue weighted by Crippen LogP contribution is 2.34. The van der Waals surface area contributed by atoms with Gasteiger partial charge in [-0.25, -0.2) is 4.98 Å². The summed E-state index contributed by atoms with van der Waals surface area (Å²) in [6.45, 7) is 3.07. The molecule has 6 nitrogen and oxygen atoms in total. The van der Waals surface area contributed by atoms with Gasteiger partial charge in [0, 0.05) is 6.54 Å². The quantitative estimate of drug-likeness (QED) is 0.786. The number of nitrogen functional groups attached to an aromatic ring is 1. The van der Waals surface area contributed by atoms with Gasteiger partial charge in [0.1, 0.15) is 12.0 Å². The molecule has 0 bridgehead atoms. The highest BCUT2D eigenvalue weighted by Gasteiger charge is 2.33. The Bertz CT molecular complexity index is 399. The van der Waals surface area contributed by atoms with Gasteiger partial charge in [-0.3, -0.25) is 0 Å². The lowest BCUT2D eigenvalue weighted by molar-refractivity contribution is 0.244. The fourth-order valence-electron chi connectivity index (χ4n) is 2.31. The molecule has 1 fully saturated rings. The summed E-state index contributed by atoms with van der Waals surface area (Å²) in [6, 6.07) is 0.0666. The number of nitrogens with two attached hydrogens (primary N) is 1. The number of hydrogen-bond acceptors (Lipinski definition) is 6. The smallest absolute Gasteiger partial charge is 0.242 e. The summed E-state index contributed by atoms with van der Waals surface area (Å²) in [5.74, 6) is 1.46. The maximum Gasteiger partial charge on any atom is 0.242 e. The predicted octanol–water partition coefficient (Wildman–Crippen LogP) is 0.274. The van der Waals surface area contributed by atoms with E-state index in [1.807, 2.05) is 4.90 Å². The molecule has 0 saturated carbocycles. The maximum absolute atomic E-state index is 9.43.